The predicted molar refractivity (Wildman–Crippen MR) is 92.5 cm³/mol. The number of halogens is 1. The Bertz CT molecular complexity index is 690. The lowest BCUT2D eigenvalue weighted by Crippen LogP contribution is -2.57. The number of aromatic nitrogens is 1. The molecule has 0 saturated carbocycles. The fourth-order valence-electron chi connectivity index (χ4n) is 2.68. The van der Waals surface area contributed by atoms with Gasteiger partial charge in [-0.1, -0.05) is 24.3 Å². The molecule has 0 aliphatic carbocycles. The standard InChI is InChI=1S/C19H22FN3O2/c20-18-8-2-1-7-16(18)14-25-17-12-23(13-17)19(24)22-10-4-6-15-5-3-9-21-11-15/h1-3,5,7-9,11,17H,4,6,10,12-14H2,(H,22,24). The molecular formula is C19H22FN3O2. The molecule has 3 rings (SSSR count). The van der Waals surface area contributed by atoms with Gasteiger partial charge in [0.2, 0.25) is 0 Å². The van der Waals surface area contributed by atoms with Gasteiger partial charge in [0.25, 0.3) is 0 Å². The zero-order valence-electron chi connectivity index (χ0n) is 14.0. The van der Waals surface area contributed by atoms with Crippen LogP contribution >= 0.6 is 0 Å². The summed E-state index contributed by atoms with van der Waals surface area (Å²) >= 11 is 0. The molecule has 5 nitrogen and oxygen atoms in total. The molecule has 1 saturated heterocycles. The molecule has 2 aromatic rings. The predicted octanol–water partition coefficient (Wildman–Crippen LogP) is 2.76. The van der Waals surface area contributed by atoms with Crippen LogP contribution in [0.25, 0.3) is 0 Å². The molecule has 1 N–H and O–H groups in total. The number of benzene rings is 1. The molecule has 1 aromatic heterocycles. The van der Waals surface area contributed by atoms with Crippen LogP contribution in [0.5, 0.6) is 0 Å². The number of amides is 2. The highest BCUT2D eigenvalue weighted by Gasteiger charge is 2.31. The lowest BCUT2D eigenvalue weighted by molar-refractivity contribution is -0.0449. The van der Waals surface area contributed by atoms with E-state index < -0.39 is 0 Å². The fraction of sp³-hybridized carbons (Fsp3) is 0.368. The van der Waals surface area contributed by atoms with Crippen molar-refractivity contribution in [3.05, 3.63) is 65.7 Å². The molecule has 0 unspecified atom stereocenters. The van der Waals surface area contributed by atoms with Gasteiger partial charge < -0.3 is 15.0 Å². The van der Waals surface area contributed by atoms with Crippen LogP contribution in [0.1, 0.15) is 17.5 Å². The van der Waals surface area contributed by atoms with E-state index in [9.17, 15) is 9.18 Å². The molecule has 6 heteroatoms. The number of pyridine rings is 1. The topological polar surface area (TPSA) is 54.5 Å². The lowest BCUT2D eigenvalue weighted by Gasteiger charge is -2.38. The van der Waals surface area contributed by atoms with E-state index in [1.165, 1.54) is 11.6 Å². The molecule has 0 radical (unpaired) electrons. The lowest BCUT2D eigenvalue weighted by atomic mass is 10.1. The number of ether oxygens (including phenoxy) is 1. The van der Waals surface area contributed by atoms with Crippen LogP contribution < -0.4 is 5.32 Å². The second-order valence-corrected chi connectivity index (χ2v) is 6.13. The van der Waals surface area contributed by atoms with Gasteiger partial charge in [0.05, 0.1) is 25.8 Å². The van der Waals surface area contributed by atoms with Crippen LogP contribution in [0.2, 0.25) is 0 Å². The Morgan fingerprint density at radius 2 is 2.12 bits per heavy atom. The highest BCUT2D eigenvalue weighted by Crippen LogP contribution is 2.15. The van der Waals surface area contributed by atoms with E-state index in [1.807, 2.05) is 18.3 Å². The minimum atomic E-state index is -0.259. The molecule has 25 heavy (non-hydrogen) atoms. The van der Waals surface area contributed by atoms with Crippen molar-refractivity contribution >= 4 is 6.03 Å². The van der Waals surface area contributed by atoms with Crippen molar-refractivity contribution in [1.29, 1.82) is 0 Å². The molecule has 0 atom stereocenters. The average molecular weight is 343 g/mol. The maximum Gasteiger partial charge on any atom is 0.317 e. The number of carbonyl (C=O) groups excluding carboxylic acids is 1. The Morgan fingerprint density at radius 1 is 1.28 bits per heavy atom. The first kappa shape index (κ1) is 17.4. The van der Waals surface area contributed by atoms with Crippen molar-refractivity contribution in [1.82, 2.24) is 15.2 Å². The summed E-state index contributed by atoms with van der Waals surface area (Å²) in [6.07, 6.45) is 5.33. The van der Waals surface area contributed by atoms with Gasteiger partial charge in [-0.3, -0.25) is 4.98 Å². The Balaban J connectivity index is 1.28. The maximum atomic E-state index is 13.5. The van der Waals surface area contributed by atoms with Gasteiger partial charge in [0.1, 0.15) is 5.82 Å². The van der Waals surface area contributed by atoms with Gasteiger partial charge in [0, 0.05) is 24.5 Å². The van der Waals surface area contributed by atoms with E-state index in [-0.39, 0.29) is 24.6 Å². The molecule has 0 spiro atoms. The van der Waals surface area contributed by atoms with Gasteiger partial charge in [-0.05, 0) is 30.5 Å². The third-order valence-electron chi connectivity index (χ3n) is 4.21. The van der Waals surface area contributed by atoms with E-state index in [2.05, 4.69) is 10.3 Å². The monoisotopic (exact) mass is 343 g/mol. The summed E-state index contributed by atoms with van der Waals surface area (Å²) in [5, 5.41) is 2.91. The number of rotatable bonds is 7. The maximum absolute atomic E-state index is 13.5. The quantitative estimate of drug-likeness (QED) is 0.787. The van der Waals surface area contributed by atoms with E-state index in [1.54, 1.807) is 29.3 Å². The minimum Gasteiger partial charge on any atom is -0.370 e. The first-order chi connectivity index (χ1) is 12.2. The van der Waals surface area contributed by atoms with E-state index in [0.29, 0.717) is 25.2 Å². The SMILES string of the molecule is O=C(NCCCc1cccnc1)N1CC(OCc2ccccc2F)C1. The highest BCUT2D eigenvalue weighted by atomic mass is 19.1. The molecule has 1 aromatic carbocycles. The van der Waals surface area contributed by atoms with Crippen LogP contribution in [0, 0.1) is 5.82 Å². The van der Waals surface area contributed by atoms with E-state index in [4.69, 9.17) is 4.74 Å². The number of hydrogen-bond donors (Lipinski definition) is 1. The van der Waals surface area contributed by atoms with Crippen molar-refractivity contribution in [3.8, 4) is 0 Å². The molecular weight excluding hydrogens is 321 g/mol. The summed E-state index contributed by atoms with van der Waals surface area (Å²) in [5.41, 5.74) is 1.71. The van der Waals surface area contributed by atoms with Gasteiger partial charge in [0.15, 0.2) is 0 Å². The van der Waals surface area contributed by atoms with Crippen molar-refractivity contribution in [2.24, 2.45) is 0 Å². The fourth-order valence-corrected chi connectivity index (χ4v) is 2.68. The number of likely N-dealkylation sites (tertiary alicyclic amines) is 1. The van der Waals surface area contributed by atoms with Crippen molar-refractivity contribution in [2.75, 3.05) is 19.6 Å². The number of nitrogens with one attached hydrogen (secondary N) is 1. The van der Waals surface area contributed by atoms with E-state index in [0.717, 1.165) is 12.8 Å². The van der Waals surface area contributed by atoms with E-state index >= 15 is 0 Å². The summed E-state index contributed by atoms with van der Waals surface area (Å²) in [6.45, 7) is 1.95. The number of aryl methyl sites for hydroxylation is 1. The zero-order valence-corrected chi connectivity index (χ0v) is 14.0. The molecule has 0 bridgehead atoms. The van der Waals surface area contributed by atoms with Crippen LogP contribution in [0.4, 0.5) is 9.18 Å². The summed E-state index contributed by atoms with van der Waals surface area (Å²) in [7, 11) is 0. The average Bonchev–Trinajstić information content (AvgIpc) is 2.60. The molecule has 2 heterocycles. The molecule has 2 amide bonds. The molecule has 132 valence electrons. The summed E-state index contributed by atoms with van der Waals surface area (Å²) in [6, 6.07) is 10.4. The highest BCUT2D eigenvalue weighted by molar-refractivity contribution is 5.75. The van der Waals surface area contributed by atoms with Gasteiger partial charge in [-0.15, -0.1) is 0 Å². The Kier molecular flexibility index (Phi) is 5.95. The van der Waals surface area contributed by atoms with Gasteiger partial charge >= 0.3 is 6.03 Å². The molecule has 1 fully saturated rings. The number of nitrogens with zero attached hydrogens (tertiary/aromatic N) is 2. The van der Waals surface area contributed by atoms with Crippen molar-refractivity contribution in [3.63, 3.8) is 0 Å². The van der Waals surface area contributed by atoms with Crippen LogP contribution in [0.3, 0.4) is 0 Å². The van der Waals surface area contributed by atoms with Gasteiger partial charge in [-0.2, -0.15) is 0 Å². The van der Waals surface area contributed by atoms with Crippen molar-refractivity contribution < 1.29 is 13.9 Å². The third-order valence-corrected chi connectivity index (χ3v) is 4.21. The molecule has 1 aliphatic rings. The Morgan fingerprint density at radius 3 is 2.88 bits per heavy atom. The number of carbonyl (C=O) groups is 1. The second-order valence-electron chi connectivity index (χ2n) is 6.13. The Labute approximate surface area is 146 Å². The first-order valence-corrected chi connectivity index (χ1v) is 8.49. The summed E-state index contributed by atoms with van der Waals surface area (Å²) in [5.74, 6) is -0.259. The van der Waals surface area contributed by atoms with Crippen LogP contribution in [0.15, 0.2) is 48.8 Å². The number of urea groups is 1. The first-order valence-electron chi connectivity index (χ1n) is 8.49. The minimum absolute atomic E-state index is 0.0271. The normalized spacial score (nSPS) is 14.2. The zero-order chi connectivity index (χ0) is 17.5. The van der Waals surface area contributed by atoms with Crippen LogP contribution in [-0.4, -0.2) is 41.7 Å². The summed E-state index contributed by atoms with van der Waals surface area (Å²) < 4.78 is 19.1. The van der Waals surface area contributed by atoms with Crippen LogP contribution in [-0.2, 0) is 17.8 Å². The summed E-state index contributed by atoms with van der Waals surface area (Å²) in [4.78, 5) is 17.8. The number of hydrogen-bond acceptors (Lipinski definition) is 3. The van der Waals surface area contributed by atoms with Gasteiger partial charge in [-0.25, -0.2) is 9.18 Å². The largest absolute Gasteiger partial charge is 0.370 e. The smallest absolute Gasteiger partial charge is 0.317 e. The second kappa shape index (κ2) is 8.58. The molecule has 1 aliphatic heterocycles. The van der Waals surface area contributed by atoms with Crippen molar-refractivity contribution in [2.45, 2.75) is 25.6 Å². The Hall–Kier alpha value is -2.47. The third kappa shape index (κ3) is 5.00.